The highest BCUT2D eigenvalue weighted by molar-refractivity contribution is 6.32. The second-order valence-electron chi connectivity index (χ2n) is 5.28. The van der Waals surface area contributed by atoms with Crippen LogP contribution in [-0.4, -0.2) is 102 Å². The zero-order valence-electron chi connectivity index (χ0n) is 13.1. The minimum atomic E-state index is -2.18. The number of rotatable bonds is 11. The summed E-state index contributed by atoms with van der Waals surface area (Å²) in [5.41, 5.74) is 0. The van der Waals surface area contributed by atoms with Gasteiger partial charge in [0.25, 0.3) is 5.91 Å². The molecule has 0 bridgehead atoms. The van der Waals surface area contributed by atoms with Crippen molar-refractivity contribution in [1.82, 2.24) is 5.32 Å². The van der Waals surface area contributed by atoms with Crippen LogP contribution in [0.5, 0.6) is 0 Å². The van der Waals surface area contributed by atoms with Crippen LogP contribution >= 0.6 is 0 Å². The van der Waals surface area contributed by atoms with Gasteiger partial charge in [0.2, 0.25) is 5.78 Å². The minimum absolute atomic E-state index is 0.866. The molecule has 0 aromatic rings. The standard InChI is InChI=1S/C13H21NO11/c1-4(16)9(20)12(23)14-8(5(17)2-6(18)13(24)25)11(22)10(21)7(19)3-15/h5,7-11,15,17,19-22H,2-3H2,1H3,(H,14,23)(H,24,25)/t5-,7+,8+,9?,10+,11+/m0/s1. The van der Waals surface area contributed by atoms with Crippen LogP contribution in [0.25, 0.3) is 0 Å². The van der Waals surface area contributed by atoms with E-state index in [0.717, 1.165) is 6.92 Å². The summed E-state index contributed by atoms with van der Waals surface area (Å²) in [7, 11) is 0. The molecule has 25 heavy (non-hydrogen) atoms. The SMILES string of the molecule is CC(=O)C(O)C(=O)N[C@@H]([C@@H](O)[C@H](O)[C@H](O)CO)[C@@H](O)CC(=O)C(=O)O. The molecule has 0 aliphatic carbocycles. The topological polar surface area (TPSA) is 222 Å². The van der Waals surface area contributed by atoms with E-state index in [1.165, 1.54) is 0 Å². The first-order chi connectivity index (χ1) is 11.4. The fraction of sp³-hybridized carbons (Fsp3) is 0.692. The van der Waals surface area contributed by atoms with Crippen LogP contribution in [0.15, 0.2) is 0 Å². The van der Waals surface area contributed by atoms with Crippen molar-refractivity contribution in [3.8, 4) is 0 Å². The Morgan fingerprint density at radius 3 is 1.84 bits per heavy atom. The summed E-state index contributed by atoms with van der Waals surface area (Å²) in [6.45, 7) is -0.135. The van der Waals surface area contributed by atoms with Gasteiger partial charge in [-0.15, -0.1) is 0 Å². The van der Waals surface area contributed by atoms with Crippen molar-refractivity contribution in [2.24, 2.45) is 0 Å². The number of aliphatic carboxylic acids is 1. The van der Waals surface area contributed by atoms with Crippen LogP contribution in [0, 0.1) is 0 Å². The van der Waals surface area contributed by atoms with Crippen LogP contribution < -0.4 is 5.32 Å². The van der Waals surface area contributed by atoms with Crippen LogP contribution in [0.4, 0.5) is 0 Å². The molecule has 0 fully saturated rings. The average Bonchev–Trinajstić information content (AvgIpc) is 2.55. The van der Waals surface area contributed by atoms with E-state index < -0.39 is 73.0 Å². The Kier molecular flexibility index (Phi) is 9.33. The van der Waals surface area contributed by atoms with E-state index in [9.17, 15) is 44.7 Å². The molecule has 8 N–H and O–H groups in total. The predicted molar refractivity (Wildman–Crippen MR) is 77.0 cm³/mol. The van der Waals surface area contributed by atoms with E-state index in [0.29, 0.717) is 0 Å². The molecule has 0 aliphatic rings. The summed E-state index contributed by atoms with van der Waals surface area (Å²) < 4.78 is 0. The summed E-state index contributed by atoms with van der Waals surface area (Å²) in [5.74, 6) is -5.77. The highest BCUT2D eigenvalue weighted by Crippen LogP contribution is 2.12. The van der Waals surface area contributed by atoms with Crippen molar-refractivity contribution in [3.05, 3.63) is 0 Å². The quantitative estimate of drug-likeness (QED) is 0.127. The third-order valence-corrected chi connectivity index (χ3v) is 3.29. The van der Waals surface area contributed by atoms with Gasteiger partial charge in [0.05, 0.1) is 18.8 Å². The van der Waals surface area contributed by atoms with Gasteiger partial charge in [-0.2, -0.15) is 0 Å². The van der Waals surface area contributed by atoms with E-state index in [4.69, 9.17) is 10.2 Å². The second-order valence-corrected chi connectivity index (χ2v) is 5.28. The largest absolute Gasteiger partial charge is 0.475 e. The molecule has 0 aromatic heterocycles. The number of carboxylic acid groups (broad SMARTS) is 1. The van der Waals surface area contributed by atoms with E-state index >= 15 is 0 Å². The fourth-order valence-electron chi connectivity index (χ4n) is 1.79. The summed E-state index contributed by atoms with van der Waals surface area (Å²) in [4.78, 5) is 44.3. The summed E-state index contributed by atoms with van der Waals surface area (Å²) >= 11 is 0. The Labute approximate surface area is 141 Å². The van der Waals surface area contributed by atoms with E-state index in [1.54, 1.807) is 5.32 Å². The molecule has 12 nitrogen and oxygen atoms in total. The third kappa shape index (κ3) is 6.81. The molecular weight excluding hydrogens is 346 g/mol. The molecule has 0 spiro atoms. The average molecular weight is 367 g/mol. The number of nitrogens with one attached hydrogen (secondary N) is 1. The van der Waals surface area contributed by atoms with Gasteiger partial charge in [-0.1, -0.05) is 0 Å². The second kappa shape index (κ2) is 10.1. The maximum atomic E-state index is 11.7. The number of Topliss-reactive ketones (excluding diaryl/α,β-unsaturated/α-hetero) is 2. The molecule has 12 heteroatoms. The molecule has 0 saturated carbocycles. The number of carboxylic acids is 1. The van der Waals surface area contributed by atoms with Crippen LogP contribution in [-0.2, 0) is 19.2 Å². The molecule has 144 valence electrons. The van der Waals surface area contributed by atoms with E-state index in [1.807, 2.05) is 0 Å². The minimum Gasteiger partial charge on any atom is -0.475 e. The molecule has 1 amide bonds. The molecule has 0 saturated heterocycles. The molecular formula is C13H21NO11. The van der Waals surface area contributed by atoms with Gasteiger partial charge in [-0.25, -0.2) is 4.79 Å². The number of carbonyl (C=O) groups is 4. The monoisotopic (exact) mass is 367 g/mol. The van der Waals surface area contributed by atoms with Gasteiger partial charge in [0.1, 0.15) is 18.3 Å². The lowest BCUT2D eigenvalue weighted by Crippen LogP contribution is -2.59. The van der Waals surface area contributed by atoms with Crippen molar-refractivity contribution in [2.45, 2.75) is 49.9 Å². The van der Waals surface area contributed by atoms with Crippen LogP contribution in [0.2, 0.25) is 0 Å². The molecule has 6 atom stereocenters. The van der Waals surface area contributed by atoms with Gasteiger partial charge >= 0.3 is 5.97 Å². The number of carbonyl (C=O) groups excluding carboxylic acids is 3. The molecule has 0 aliphatic heterocycles. The Hall–Kier alpha value is -1.96. The first-order valence-electron chi connectivity index (χ1n) is 7.02. The molecule has 0 heterocycles. The Morgan fingerprint density at radius 2 is 1.44 bits per heavy atom. The zero-order chi connectivity index (χ0) is 19.9. The van der Waals surface area contributed by atoms with Gasteiger partial charge in [-0.3, -0.25) is 14.4 Å². The summed E-state index contributed by atoms with van der Waals surface area (Å²) in [5, 5.41) is 67.2. The zero-order valence-corrected chi connectivity index (χ0v) is 13.1. The Balaban J connectivity index is 5.41. The van der Waals surface area contributed by atoms with Crippen molar-refractivity contribution in [1.29, 1.82) is 0 Å². The van der Waals surface area contributed by atoms with Crippen LogP contribution in [0.1, 0.15) is 13.3 Å². The normalized spacial score (nSPS) is 18.4. The maximum Gasteiger partial charge on any atom is 0.372 e. The first kappa shape index (κ1) is 23.0. The van der Waals surface area contributed by atoms with Gasteiger partial charge < -0.3 is 41.1 Å². The van der Waals surface area contributed by atoms with Crippen molar-refractivity contribution >= 4 is 23.4 Å². The number of ketones is 2. The molecule has 1 unspecified atom stereocenters. The van der Waals surface area contributed by atoms with Crippen molar-refractivity contribution in [3.63, 3.8) is 0 Å². The highest BCUT2D eigenvalue weighted by atomic mass is 16.4. The van der Waals surface area contributed by atoms with Gasteiger partial charge in [0, 0.05) is 6.42 Å². The lowest BCUT2D eigenvalue weighted by molar-refractivity contribution is -0.151. The molecule has 0 radical (unpaired) electrons. The Bertz CT molecular complexity index is 508. The maximum absolute atomic E-state index is 11.7. The number of hydrogen-bond donors (Lipinski definition) is 8. The summed E-state index contributed by atoms with van der Waals surface area (Å²) in [6.07, 6.45) is -11.5. The van der Waals surface area contributed by atoms with Gasteiger partial charge in [-0.05, 0) is 6.92 Å². The number of hydrogen-bond acceptors (Lipinski definition) is 10. The van der Waals surface area contributed by atoms with E-state index in [2.05, 4.69) is 0 Å². The number of aliphatic hydroxyl groups is 6. The number of amides is 1. The lowest BCUT2D eigenvalue weighted by Gasteiger charge is -2.32. The Morgan fingerprint density at radius 1 is 0.920 bits per heavy atom. The van der Waals surface area contributed by atoms with Crippen LogP contribution in [0.3, 0.4) is 0 Å². The first-order valence-corrected chi connectivity index (χ1v) is 7.02. The smallest absolute Gasteiger partial charge is 0.372 e. The third-order valence-electron chi connectivity index (χ3n) is 3.29. The summed E-state index contributed by atoms with van der Waals surface area (Å²) in [6, 6.07) is -1.94. The van der Waals surface area contributed by atoms with Crippen molar-refractivity contribution in [2.75, 3.05) is 6.61 Å². The van der Waals surface area contributed by atoms with E-state index in [-0.39, 0.29) is 0 Å². The highest BCUT2D eigenvalue weighted by Gasteiger charge is 2.39. The predicted octanol–water partition coefficient (Wildman–Crippen LogP) is -5.10. The molecule has 0 rings (SSSR count). The van der Waals surface area contributed by atoms with Crippen molar-refractivity contribution < 1.29 is 54.9 Å². The fourth-order valence-corrected chi connectivity index (χ4v) is 1.79. The lowest BCUT2D eigenvalue weighted by atomic mass is 9.93. The molecule has 0 aromatic carbocycles. The number of aliphatic hydroxyl groups excluding tert-OH is 6. The van der Waals surface area contributed by atoms with Gasteiger partial charge in [0.15, 0.2) is 11.9 Å².